The molecule has 0 bridgehead atoms. The zero-order chi connectivity index (χ0) is 13.1. The van der Waals surface area contributed by atoms with Crippen molar-refractivity contribution in [2.24, 2.45) is 0 Å². The third-order valence-corrected chi connectivity index (χ3v) is 4.94. The molecule has 94 valence electrons. The molecule has 1 unspecified atom stereocenters. The van der Waals surface area contributed by atoms with Gasteiger partial charge in [-0.15, -0.1) is 0 Å². The van der Waals surface area contributed by atoms with Crippen LogP contribution in [0.1, 0.15) is 17.2 Å². The van der Waals surface area contributed by atoms with Crippen molar-refractivity contribution in [3.8, 4) is 0 Å². The van der Waals surface area contributed by atoms with Gasteiger partial charge in [-0.2, -0.15) is 0 Å². The minimum Gasteiger partial charge on any atom is -0.388 e. The first-order valence-electron chi connectivity index (χ1n) is 5.44. The van der Waals surface area contributed by atoms with Crippen LogP contribution in [0.5, 0.6) is 0 Å². The summed E-state index contributed by atoms with van der Waals surface area (Å²) in [7, 11) is 0. The van der Waals surface area contributed by atoms with Gasteiger partial charge in [0.15, 0.2) is 0 Å². The molecule has 1 nitrogen and oxygen atoms in total. The minimum atomic E-state index is -0.492. The molecule has 0 heterocycles. The second kappa shape index (κ2) is 6.50. The summed E-state index contributed by atoms with van der Waals surface area (Å²) >= 11 is 9.20. The molecule has 0 fully saturated rings. The van der Waals surface area contributed by atoms with E-state index in [-0.39, 0.29) is 0 Å². The first-order chi connectivity index (χ1) is 8.58. The second-order valence-electron chi connectivity index (χ2n) is 3.98. The van der Waals surface area contributed by atoms with E-state index >= 15 is 0 Å². The van der Waals surface area contributed by atoms with Crippen LogP contribution in [0.15, 0.2) is 51.4 Å². The summed E-state index contributed by atoms with van der Waals surface area (Å²) in [6, 6.07) is 13.9. The molecule has 0 aromatic heterocycles. The molecule has 0 aliphatic heterocycles. The highest BCUT2D eigenvalue weighted by Gasteiger charge is 2.13. The Morgan fingerprint density at radius 3 is 2.56 bits per heavy atom. The lowest BCUT2D eigenvalue weighted by Gasteiger charge is -2.14. The zero-order valence-electron chi connectivity index (χ0n) is 9.41. The molecule has 0 saturated carbocycles. The lowest BCUT2D eigenvalue weighted by atomic mass is 10.0. The van der Waals surface area contributed by atoms with Crippen molar-refractivity contribution in [3.05, 3.63) is 66.1 Å². The Bertz CT molecular complexity index is 557. The van der Waals surface area contributed by atoms with Crippen LogP contribution in [-0.2, 0) is 6.42 Å². The molecular formula is C14H11Br2IO. The molecule has 2 aromatic rings. The fourth-order valence-corrected chi connectivity index (χ4v) is 3.27. The number of benzene rings is 2. The van der Waals surface area contributed by atoms with Gasteiger partial charge in [0.1, 0.15) is 0 Å². The van der Waals surface area contributed by atoms with E-state index in [9.17, 15) is 5.11 Å². The molecule has 1 N–H and O–H groups in total. The second-order valence-corrected chi connectivity index (χ2v) is 6.91. The van der Waals surface area contributed by atoms with Crippen LogP contribution in [0.3, 0.4) is 0 Å². The molecule has 0 saturated heterocycles. The predicted octanol–water partition coefficient (Wildman–Crippen LogP) is 5.09. The van der Waals surface area contributed by atoms with Crippen LogP contribution in [-0.4, -0.2) is 5.11 Å². The Labute approximate surface area is 137 Å². The number of aliphatic hydroxyl groups excluding tert-OH is 1. The summed E-state index contributed by atoms with van der Waals surface area (Å²) in [5.41, 5.74) is 2.07. The average molecular weight is 482 g/mol. The molecule has 1 atom stereocenters. The number of aliphatic hydroxyl groups is 1. The Morgan fingerprint density at radius 1 is 1.11 bits per heavy atom. The smallest absolute Gasteiger partial charge is 0.0841 e. The normalized spacial score (nSPS) is 12.4. The maximum absolute atomic E-state index is 10.4. The molecule has 2 aromatic carbocycles. The largest absolute Gasteiger partial charge is 0.388 e. The van der Waals surface area contributed by atoms with Gasteiger partial charge in [-0.05, 0) is 58.0 Å². The van der Waals surface area contributed by atoms with Crippen LogP contribution in [0.4, 0.5) is 0 Å². The average Bonchev–Trinajstić information content (AvgIpc) is 2.35. The van der Waals surface area contributed by atoms with Crippen molar-refractivity contribution in [1.82, 2.24) is 0 Å². The van der Waals surface area contributed by atoms with Crippen LogP contribution in [0.2, 0.25) is 0 Å². The Kier molecular flexibility index (Phi) is 5.24. The van der Waals surface area contributed by atoms with Crippen molar-refractivity contribution < 1.29 is 5.11 Å². The van der Waals surface area contributed by atoms with E-state index in [0.717, 1.165) is 23.6 Å². The summed E-state index contributed by atoms with van der Waals surface area (Å²) in [6.45, 7) is 0. The van der Waals surface area contributed by atoms with Crippen molar-refractivity contribution >= 4 is 54.5 Å². The first kappa shape index (κ1) is 14.5. The topological polar surface area (TPSA) is 20.2 Å². The van der Waals surface area contributed by atoms with Gasteiger partial charge in [0.05, 0.1) is 6.10 Å². The third-order valence-electron chi connectivity index (χ3n) is 2.69. The Hall–Kier alpha value is 0.0900. The van der Waals surface area contributed by atoms with Gasteiger partial charge in [-0.1, -0.05) is 50.1 Å². The van der Waals surface area contributed by atoms with E-state index in [1.165, 1.54) is 0 Å². The Balaban J connectivity index is 2.25. The molecule has 0 aliphatic carbocycles. The summed E-state index contributed by atoms with van der Waals surface area (Å²) in [5.74, 6) is 0. The van der Waals surface area contributed by atoms with Gasteiger partial charge in [0.25, 0.3) is 0 Å². The molecule has 0 radical (unpaired) electrons. The third kappa shape index (κ3) is 3.56. The van der Waals surface area contributed by atoms with Gasteiger partial charge < -0.3 is 5.11 Å². The Morgan fingerprint density at radius 2 is 1.83 bits per heavy atom. The number of rotatable bonds is 3. The van der Waals surface area contributed by atoms with Crippen molar-refractivity contribution in [2.75, 3.05) is 0 Å². The molecule has 18 heavy (non-hydrogen) atoms. The molecule has 0 spiro atoms. The molecular weight excluding hydrogens is 471 g/mol. The van der Waals surface area contributed by atoms with E-state index in [1.807, 2.05) is 42.5 Å². The number of halogens is 3. The number of hydrogen-bond acceptors (Lipinski definition) is 1. The van der Waals surface area contributed by atoms with E-state index in [0.29, 0.717) is 6.42 Å². The quantitative estimate of drug-likeness (QED) is 0.605. The molecule has 2 rings (SSSR count). The van der Waals surface area contributed by atoms with Crippen molar-refractivity contribution in [1.29, 1.82) is 0 Å². The van der Waals surface area contributed by atoms with Gasteiger partial charge in [0.2, 0.25) is 0 Å². The van der Waals surface area contributed by atoms with Crippen LogP contribution >= 0.6 is 54.5 Å². The van der Waals surface area contributed by atoms with Gasteiger partial charge >= 0.3 is 0 Å². The van der Waals surface area contributed by atoms with E-state index in [2.05, 4.69) is 54.5 Å². The SMILES string of the molecule is OC(Cc1ccccc1Br)c1cc(Br)ccc1I. The van der Waals surface area contributed by atoms with Gasteiger partial charge in [-0.3, -0.25) is 0 Å². The van der Waals surface area contributed by atoms with Crippen molar-refractivity contribution in [2.45, 2.75) is 12.5 Å². The highest BCUT2D eigenvalue weighted by atomic mass is 127. The fraction of sp³-hybridized carbons (Fsp3) is 0.143. The van der Waals surface area contributed by atoms with Crippen LogP contribution in [0, 0.1) is 3.57 Å². The lowest BCUT2D eigenvalue weighted by molar-refractivity contribution is 0.177. The highest BCUT2D eigenvalue weighted by Crippen LogP contribution is 2.28. The molecule has 0 amide bonds. The maximum Gasteiger partial charge on any atom is 0.0841 e. The van der Waals surface area contributed by atoms with Crippen LogP contribution in [0.25, 0.3) is 0 Å². The van der Waals surface area contributed by atoms with Crippen LogP contribution < -0.4 is 0 Å². The standard InChI is InChI=1S/C14H11Br2IO/c15-10-5-6-13(17)11(8-10)14(18)7-9-3-1-2-4-12(9)16/h1-6,8,14,18H,7H2. The van der Waals surface area contributed by atoms with E-state index < -0.39 is 6.10 Å². The summed E-state index contributed by atoms with van der Waals surface area (Å²) in [4.78, 5) is 0. The number of hydrogen-bond donors (Lipinski definition) is 1. The maximum atomic E-state index is 10.4. The van der Waals surface area contributed by atoms with E-state index in [4.69, 9.17) is 0 Å². The van der Waals surface area contributed by atoms with E-state index in [1.54, 1.807) is 0 Å². The monoisotopic (exact) mass is 480 g/mol. The molecule has 0 aliphatic rings. The summed E-state index contributed by atoms with van der Waals surface area (Å²) in [6.07, 6.45) is 0.113. The fourth-order valence-electron chi connectivity index (χ4n) is 1.75. The zero-order valence-corrected chi connectivity index (χ0v) is 14.7. The summed E-state index contributed by atoms with van der Waals surface area (Å²) < 4.78 is 3.11. The minimum absolute atomic E-state index is 0.492. The summed E-state index contributed by atoms with van der Waals surface area (Å²) in [5, 5.41) is 10.4. The van der Waals surface area contributed by atoms with Crippen molar-refractivity contribution in [3.63, 3.8) is 0 Å². The first-order valence-corrected chi connectivity index (χ1v) is 8.11. The van der Waals surface area contributed by atoms with Gasteiger partial charge in [0, 0.05) is 18.9 Å². The van der Waals surface area contributed by atoms with Gasteiger partial charge in [-0.25, -0.2) is 0 Å². The predicted molar refractivity (Wildman–Crippen MR) is 89.7 cm³/mol. The highest BCUT2D eigenvalue weighted by molar-refractivity contribution is 14.1. The molecule has 4 heteroatoms. The lowest BCUT2D eigenvalue weighted by Crippen LogP contribution is -2.04.